The number of hydrogen-bond donors (Lipinski definition) is 2. The maximum Gasteiger partial charge on any atom is 0.273 e. The molecule has 1 saturated heterocycles. The van der Waals surface area contributed by atoms with E-state index in [-0.39, 0.29) is 17.7 Å². The monoisotopic (exact) mass is 518 g/mol. The number of oxazole rings is 1. The molecule has 9 nitrogen and oxygen atoms in total. The number of rotatable bonds is 12. The van der Waals surface area contributed by atoms with E-state index in [1.54, 1.807) is 14.2 Å². The summed E-state index contributed by atoms with van der Waals surface area (Å²) in [4.78, 5) is 22.7. The van der Waals surface area contributed by atoms with E-state index in [1.807, 2.05) is 24.3 Å². The molecule has 1 fully saturated rings. The highest BCUT2D eigenvalue weighted by Gasteiger charge is 2.20. The lowest BCUT2D eigenvalue weighted by molar-refractivity contribution is 0.0853. The van der Waals surface area contributed by atoms with Crippen LogP contribution in [-0.2, 0) is 24.2 Å². The highest BCUT2D eigenvalue weighted by atomic mass is 16.5. The Hall–Kier alpha value is -3.82. The van der Waals surface area contributed by atoms with Crippen LogP contribution in [0, 0.1) is 0 Å². The summed E-state index contributed by atoms with van der Waals surface area (Å²) in [5.74, 6) is 1.77. The Morgan fingerprint density at radius 2 is 2.05 bits per heavy atom. The average Bonchev–Trinajstić information content (AvgIpc) is 3.72. The van der Waals surface area contributed by atoms with Crippen molar-refractivity contribution in [2.75, 3.05) is 33.9 Å². The number of para-hydroxylation sites is 1. The fourth-order valence-corrected chi connectivity index (χ4v) is 4.86. The number of aromatic nitrogens is 2. The molecule has 0 saturated carbocycles. The fourth-order valence-electron chi connectivity index (χ4n) is 4.86. The van der Waals surface area contributed by atoms with Gasteiger partial charge in [-0.1, -0.05) is 18.2 Å². The molecule has 3 heterocycles. The van der Waals surface area contributed by atoms with E-state index < -0.39 is 0 Å². The lowest BCUT2D eigenvalue weighted by Crippen LogP contribution is -2.32. The number of carbonyl (C=O) groups excluding carboxylic acids is 1. The molecule has 5 rings (SSSR count). The standard InChI is InChI=1S/C29H34N4O5/c1-35-22-9-10-27(36-2)21(14-22)17-33(12-11-20-15-30-25-8-4-3-7-24(20)25)18-28-32-26(19-38-28)29(34)31-16-23-6-5-13-37-23/h3-4,7-10,14-15,19,23,30H,5-6,11-13,16-18H2,1-2H3,(H,31,34). The number of benzene rings is 2. The van der Waals surface area contributed by atoms with Crippen molar-refractivity contribution in [1.82, 2.24) is 20.2 Å². The van der Waals surface area contributed by atoms with E-state index in [9.17, 15) is 4.79 Å². The second-order valence-electron chi connectivity index (χ2n) is 9.47. The molecule has 1 amide bonds. The minimum absolute atomic E-state index is 0.0724. The van der Waals surface area contributed by atoms with Crippen LogP contribution in [0.5, 0.6) is 11.5 Å². The molecule has 2 aromatic heterocycles. The summed E-state index contributed by atoms with van der Waals surface area (Å²) in [5, 5.41) is 4.12. The van der Waals surface area contributed by atoms with Gasteiger partial charge in [0.2, 0.25) is 5.89 Å². The van der Waals surface area contributed by atoms with Gasteiger partial charge in [-0.3, -0.25) is 9.69 Å². The number of methoxy groups -OCH3 is 2. The number of nitrogens with zero attached hydrogens (tertiary/aromatic N) is 2. The summed E-state index contributed by atoms with van der Waals surface area (Å²) < 4.78 is 22.4. The first kappa shape index (κ1) is 25.8. The summed E-state index contributed by atoms with van der Waals surface area (Å²) in [6, 6.07) is 14.1. The predicted molar refractivity (Wildman–Crippen MR) is 143 cm³/mol. The minimum Gasteiger partial charge on any atom is -0.497 e. The van der Waals surface area contributed by atoms with Gasteiger partial charge in [0, 0.05) is 48.9 Å². The maximum absolute atomic E-state index is 12.6. The lowest BCUT2D eigenvalue weighted by atomic mass is 10.1. The van der Waals surface area contributed by atoms with Crippen LogP contribution in [0.2, 0.25) is 0 Å². The molecule has 1 unspecified atom stereocenters. The average molecular weight is 519 g/mol. The zero-order chi connectivity index (χ0) is 26.3. The first-order valence-corrected chi connectivity index (χ1v) is 13.0. The van der Waals surface area contributed by atoms with Gasteiger partial charge in [0.15, 0.2) is 5.69 Å². The Labute approximate surface area is 222 Å². The highest BCUT2D eigenvalue weighted by Crippen LogP contribution is 2.26. The van der Waals surface area contributed by atoms with Gasteiger partial charge in [-0.25, -0.2) is 4.98 Å². The van der Waals surface area contributed by atoms with Crippen molar-refractivity contribution in [3.8, 4) is 11.5 Å². The molecule has 0 bridgehead atoms. The van der Waals surface area contributed by atoms with Crippen molar-refractivity contribution >= 4 is 16.8 Å². The Kier molecular flexibility index (Phi) is 8.25. The van der Waals surface area contributed by atoms with Crippen LogP contribution in [0.25, 0.3) is 10.9 Å². The number of H-pyrrole nitrogens is 1. The molecule has 1 aliphatic heterocycles. The van der Waals surface area contributed by atoms with Gasteiger partial charge >= 0.3 is 0 Å². The first-order chi connectivity index (χ1) is 18.6. The molecule has 9 heteroatoms. The quantitative estimate of drug-likeness (QED) is 0.288. The van der Waals surface area contributed by atoms with Gasteiger partial charge in [-0.05, 0) is 49.1 Å². The topological polar surface area (TPSA) is 102 Å². The van der Waals surface area contributed by atoms with Crippen LogP contribution in [0.15, 0.2) is 59.3 Å². The molecule has 38 heavy (non-hydrogen) atoms. The van der Waals surface area contributed by atoms with E-state index >= 15 is 0 Å². The van der Waals surface area contributed by atoms with E-state index in [4.69, 9.17) is 18.6 Å². The first-order valence-electron chi connectivity index (χ1n) is 13.0. The third-order valence-corrected chi connectivity index (χ3v) is 6.91. The zero-order valence-corrected chi connectivity index (χ0v) is 21.9. The number of amides is 1. The molecule has 1 aliphatic rings. The number of hydrogen-bond acceptors (Lipinski definition) is 7. The van der Waals surface area contributed by atoms with E-state index in [0.29, 0.717) is 25.5 Å². The van der Waals surface area contributed by atoms with Crippen LogP contribution < -0.4 is 14.8 Å². The van der Waals surface area contributed by atoms with Crippen molar-refractivity contribution in [2.45, 2.75) is 38.5 Å². The lowest BCUT2D eigenvalue weighted by Gasteiger charge is -2.22. The summed E-state index contributed by atoms with van der Waals surface area (Å²) >= 11 is 0. The summed E-state index contributed by atoms with van der Waals surface area (Å²) in [5.41, 5.74) is 3.63. The fraction of sp³-hybridized carbons (Fsp3) is 0.379. The number of carbonyl (C=O) groups is 1. The summed E-state index contributed by atoms with van der Waals surface area (Å²) in [7, 11) is 3.32. The van der Waals surface area contributed by atoms with Gasteiger partial charge in [0.25, 0.3) is 5.91 Å². The molecular formula is C29H34N4O5. The maximum atomic E-state index is 12.6. The third-order valence-electron chi connectivity index (χ3n) is 6.91. The summed E-state index contributed by atoms with van der Waals surface area (Å²) in [6.45, 7) is 2.99. The molecule has 200 valence electrons. The Bertz CT molecular complexity index is 1360. The van der Waals surface area contributed by atoms with Crippen LogP contribution in [0.4, 0.5) is 0 Å². The number of fused-ring (bicyclic) bond motifs is 1. The Balaban J connectivity index is 1.31. The van der Waals surface area contributed by atoms with Gasteiger partial charge in [-0.2, -0.15) is 0 Å². The van der Waals surface area contributed by atoms with Crippen LogP contribution in [0.3, 0.4) is 0 Å². The van der Waals surface area contributed by atoms with Crippen LogP contribution in [-0.4, -0.2) is 60.8 Å². The van der Waals surface area contributed by atoms with Gasteiger partial charge < -0.3 is 28.9 Å². The molecule has 0 spiro atoms. The van der Waals surface area contributed by atoms with E-state index in [1.165, 1.54) is 17.2 Å². The zero-order valence-electron chi connectivity index (χ0n) is 21.9. The van der Waals surface area contributed by atoms with Crippen molar-refractivity contribution < 1.29 is 23.4 Å². The largest absolute Gasteiger partial charge is 0.497 e. The van der Waals surface area contributed by atoms with Gasteiger partial charge in [0.1, 0.15) is 17.8 Å². The normalized spacial score (nSPS) is 15.3. The SMILES string of the molecule is COc1ccc(OC)c(CN(CCc2c[nH]c3ccccc23)Cc2nc(C(=O)NCC3CCCO3)co2)c1. The Morgan fingerprint density at radius 1 is 1.16 bits per heavy atom. The van der Waals surface area contributed by atoms with Gasteiger partial charge in [-0.15, -0.1) is 0 Å². The molecule has 1 atom stereocenters. The smallest absolute Gasteiger partial charge is 0.273 e. The van der Waals surface area contributed by atoms with Crippen molar-refractivity contribution in [2.24, 2.45) is 0 Å². The van der Waals surface area contributed by atoms with Gasteiger partial charge in [0.05, 0.1) is 26.9 Å². The molecule has 0 radical (unpaired) electrons. The third kappa shape index (κ3) is 6.17. The van der Waals surface area contributed by atoms with Crippen molar-refractivity contribution in [3.05, 3.63) is 77.6 Å². The number of nitrogens with one attached hydrogen (secondary N) is 2. The van der Waals surface area contributed by atoms with Crippen LogP contribution in [0.1, 0.15) is 40.3 Å². The van der Waals surface area contributed by atoms with Crippen molar-refractivity contribution in [3.63, 3.8) is 0 Å². The Morgan fingerprint density at radius 3 is 2.87 bits per heavy atom. The summed E-state index contributed by atoms with van der Waals surface area (Å²) in [6.07, 6.45) is 6.38. The molecule has 0 aliphatic carbocycles. The molecular weight excluding hydrogens is 484 g/mol. The van der Waals surface area contributed by atoms with E-state index in [2.05, 4.69) is 44.6 Å². The minimum atomic E-state index is -0.254. The number of aromatic amines is 1. The van der Waals surface area contributed by atoms with E-state index in [0.717, 1.165) is 55.0 Å². The predicted octanol–water partition coefficient (Wildman–Crippen LogP) is 4.33. The second kappa shape index (κ2) is 12.1. The van der Waals surface area contributed by atoms with Crippen molar-refractivity contribution in [1.29, 1.82) is 0 Å². The highest BCUT2D eigenvalue weighted by molar-refractivity contribution is 5.91. The number of ether oxygens (including phenoxy) is 3. The second-order valence-corrected chi connectivity index (χ2v) is 9.47. The van der Waals surface area contributed by atoms with Crippen LogP contribution >= 0.6 is 0 Å². The molecule has 2 N–H and O–H groups in total. The molecule has 4 aromatic rings. The molecule has 2 aromatic carbocycles.